The Labute approximate surface area is 203 Å². The Morgan fingerprint density at radius 2 is 1.73 bits per heavy atom. The van der Waals surface area contributed by atoms with Crippen LogP contribution in [0.15, 0.2) is 42.6 Å². The second-order valence-electron chi connectivity index (χ2n) is 7.38. The number of nitrogens with one attached hydrogen (secondary N) is 1. The van der Waals surface area contributed by atoms with E-state index in [9.17, 15) is 4.79 Å². The minimum absolute atomic E-state index is 0. The number of hydrogen-bond donors (Lipinski definition) is 1. The number of ether oxygens (including phenoxy) is 2. The number of aromatic nitrogens is 2. The number of likely N-dealkylation sites (N-methyl/N-ethyl adjacent to an activating group) is 1. The van der Waals surface area contributed by atoms with Crippen LogP contribution in [0.25, 0.3) is 21.1 Å². The minimum atomic E-state index is -0.0772. The molecule has 0 saturated carbocycles. The topological polar surface area (TPSA) is 70.7 Å². The zero-order valence-corrected chi connectivity index (χ0v) is 20.9. The number of carbonyl (C=O) groups is 1. The minimum Gasteiger partial charge on any atom is -0.495 e. The third-order valence-corrected chi connectivity index (χ3v) is 6.82. The lowest BCUT2D eigenvalue weighted by atomic mass is 10.1. The fourth-order valence-corrected chi connectivity index (χ4v) is 4.95. The number of aromatic amines is 1. The Balaban J connectivity index is 0.00000306. The van der Waals surface area contributed by atoms with Crippen LogP contribution in [0.1, 0.15) is 24.2 Å². The molecule has 0 atom stereocenters. The number of nitrogens with zero attached hydrogens (tertiary/aromatic N) is 3. The van der Waals surface area contributed by atoms with Gasteiger partial charge in [0.25, 0.3) is 5.91 Å². The van der Waals surface area contributed by atoms with E-state index in [1.54, 1.807) is 25.3 Å². The van der Waals surface area contributed by atoms with Gasteiger partial charge >= 0.3 is 0 Å². The molecule has 2 aromatic heterocycles. The van der Waals surface area contributed by atoms with Gasteiger partial charge in [0, 0.05) is 30.2 Å². The second-order valence-corrected chi connectivity index (χ2v) is 8.35. The number of amides is 1. The molecule has 1 amide bonds. The van der Waals surface area contributed by atoms with E-state index in [0.717, 1.165) is 35.2 Å². The molecule has 7 nitrogen and oxygen atoms in total. The zero-order valence-electron chi connectivity index (χ0n) is 19.3. The zero-order chi connectivity index (χ0) is 22.7. The maximum atomic E-state index is 13.8. The molecule has 4 rings (SSSR count). The highest BCUT2D eigenvalue weighted by atomic mass is 35.5. The number of hydrogen-bond acceptors (Lipinski definition) is 6. The molecule has 2 heterocycles. The number of thiazole rings is 1. The van der Waals surface area contributed by atoms with Crippen LogP contribution in [0.4, 0.5) is 5.13 Å². The summed E-state index contributed by atoms with van der Waals surface area (Å²) in [6.45, 7) is 7.39. The van der Waals surface area contributed by atoms with Crippen LogP contribution in [0.5, 0.6) is 11.5 Å². The largest absolute Gasteiger partial charge is 0.495 e. The Kier molecular flexibility index (Phi) is 8.18. The third-order valence-electron chi connectivity index (χ3n) is 5.73. The third kappa shape index (κ3) is 4.78. The van der Waals surface area contributed by atoms with Crippen molar-refractivity contribution in [2.75, 3.05) is 45.3 Å². The van der Waals surface area contributed by atoms with Crippen molar-refractivity contribution in [2.24, 2.45) is 0 Å². The van der Waals surface area contributed by atoms with Crippen molar-refractivity contribution in [3.63, 3.8) is 0 Å². The van der Waals surface area contributed by atoms with Gasteiger partial charge in [-0.25, -0.2) is 4.98 Å². The monoisotopic (exact) mass is 488 g/mol. The number of fused-ring (bicyclic) bond motifs is 2. The predicted octanol–water partition coefficient (Wildman–Crippen LogP) is 5.21. The Morgan fingerprint density at radius 1 is 1.03 bits per heavy atom. The predicted molar refractivity (Wildman–Crippen MR) is 138 cm³/mol. The first-order valence-electron chi connectivity index (χ1n) is 10.7. The maximum absolute atomic E-state index is 13.8. The van der Waals surface area contributed by atoms with E-state index in [1.165, 1.54) is 11.3 Å². The lowest BCUT2D eigenvalue weighted by Crippen LogP contribution is -2.38. The number of methoxy groups -OCH3 is 2. The molecular formula is C24H29ClN4O3S. The molecule has 0 spiro atoms. The van der Waals surface area contributed by atoms with Crippen LogP contribution in [-0.2, 0) is 0 Å². The van der Waals surface area contributed by atoms with Gasteiger partial charge in [0.1, 0.15) is 21.7 Å². The van der Waals surface area contributed by atoms with E-state index < -0.39 is 0 Å². The van der Waals surface area contributed by atoms with Gasteiger partial charge in [-0.3, -0.25) is 9.69 Å². The maximum Gasteiger partial charge on any atom is 0.262 e. The van der Waals surface area contributed by atoms with Crippen LogP contribution >= 0.6 is 23.7 Å². The van der Waals surface area contributed by atoms with Crippen molar-refractivity contribution in [3.05, 3.63) is 48.2 Å². The van der Waals surface area contributed by atoms with E-state index in [2.05, 4.69) is 23.7 Å². The van der Waals surface area contributed by atoms with Gasteiger partial charge in [-0.2, -0.15) is 0 Å². The summed E-state index contributed by atoms with van der Waals surface area (Å²) in [5.74, 6) is 1.30. The average molecular weight is 489 g/mol. The molecule has 4 aromatic rings. The van der Waals surface area contributed by atoms with Crippen LogP contribution in [-0.4, -0.2) is 61.2 Å². The average Bonchev–Trinajstić information content (AvgIpc) is 3.46. The molecule has 9 heteroatoms. The van der Waals surface area contributed by atoms with Crippen molar-refractivity contribution in [3.8, 4) is 11.5 Å². The number of para-hydroxylation sites is 1. The first-order valence-corrected chi connectivity index (χ1v) is 11.5. The Hall–Kier alpha value is -2.81. The van der Waals surface area contributed by atoms with E-state index in [0.29, 0.717) is 34.3 Å². The van der Waals surface area contributed by atoms with Crippen molar-refractivity contribution in [1.29, 1.82) is 0 Å². The van der Waals surface area contributed by atoms with Gasteiger partial charge in [0.15, 0.2) is 5.13 Å². The van der Waals surface area contributed by atoms with Crippen LogP contribution in [0.3, 0.4) is 0 Å². The quantitative estimate of drug-likeness (QED) is 0.350. The van der Waals surface area contributed by atoms with Crippen molar-refractivity contribution in [1.82, 2.24) is 14.9 Å². The van der Waals surface area contributed by atoms with E-state index in [4.69, 9.17) is 14.5 Å². The number of halogens is 1. The number of benzene rings is 2. The molecule has 0 aliphatic rings. The van der Waals surface area contributed by atoms with Gasteiger partial charge < -0.3 is 19.4 Å². The van der Waals surface area contributed by atoms with E-state index in [-0.39, 0.29) is 18.3 Å². The number of H-pyrrole nitrogens is 1. The highest BCUT2D eigenvalue weighted by Crippen LogP contribution is 2.40. The summed E-state index contributed by atoms with van der Waals surface area (Å²) in [6, 6.07) is 11.5. The fraction of sp³-hybridized carbons (Fsp3) is 0.333. The smallest absolute Gasteiger partial charge is 0.262 e. The summed E-state index contributed by atoms with van der Waals surface area (Å²) >= 11 is 1.44. The first-order chi connectivity index (χ1) is 15.6. The van der Waals surface area contributed by atoms with E-state index >= 15 is 0 Å². The summed E-state index contributed by atoms with van der Waals surface area (Å²) in [5.41, 5.74) is 2.27. The number of rotatable bonds is 9. The number of carbonyl (C=O) groups excluding carboxylic acids is 1. The standard InChI is InChI=1S/C24H28N4O3S.ClH/c1-5-27(6-2)13-14-28(23(29)17-15-25-18-10-8-7-9-16(17)18)24-26-21-19(30-3)11-12-20(31-4)22(21)32-24;/h7-12,15,25H,5-6,13-14H2,1-4H3;1H. The molecule has 0 bridgehead atoms. The molecule has 0 fully saturated rings. The lowest BCUT2D eigenvalue weighted by molar-refractivity contribution is 0.0985. The highest BCUT2D eigenvalue weighted by Gasteiger charge is 2.25. The Morgan fingerprint density at radius 3 is 2.42 bits per heavy atom. The van der Waals surface area contributed by atoms with Crippen LogP contribution in [0, 0.1) is 0 Å². The van der Waals surface area contributed by atoms with Gasteiger partial charge in [0.2, 0.25) is 0 Å². The second kappa shape index (κ2) is 10.9. The Bertz CT molecular complexity index is 1190. The lowest BCUT2D eigenvalue weighted by Gasteiger charge is -2.24. The first kappa shape index (κ1) is 24.8. The van der Waals surface area contributed by atoms with Crippen molar-refractivity contribution in [2.45, 2.75) is 13.8 Å². The molecule has 0 aliphatic heterocycles. The number of anilines is 1. The van der Waals surface area contributed by atoms with Gasteiger partial charge in [-0.05, 0) is 31.3 Å². The van der Waals surface area contributed by atoms with Crippen LogP contribution in [0.2, 0.25) is 0 Å². The molecule has 176 valence electrons. The molecule has 0 unspecified atom stereocenters. The molecule has 2 aromatic carbocycles. The van der Waals surface area contributed by atoms with Gasteiger partial charge in [0.05, 0.1) is 19.8 Å². The SMILES string of the molecule is CCN(CC)CCN(C(=O)c1c[nH]c2ccccc12)c1nc2c(OC)ccc(OC)c2s1.Cl. The van der Waals surface area contributed by atoms with Crippen LogP contribution < -0.4 is 14.4 Å². The molecule has 0 radical (unpaired) electrons. The molecule has 1 N–H and O–H groups in total. The molecule has 33 heavy (non-hydrogen) atoms. The summed E-state index contributed by atoms with van der Waals surface area (Å²) < 4.78 is 11.9. The van der Waals surface area contributed by atoms with E-state index in [1.807, 2.05) is 36.4 Å². The van der Waals surface area contributed by atoms with Crippen molar-refractivity contribution >= 4 is 55.9 Å². The highest BCUT2D eigenvalue weighted by molar-refractivity contribution is 7.22. The summed E-state index contributed by atoms with van der Waals surface area (Å²) in [4.78, 5) is 25.9. The fourth-order valence-electron chi connectivity index (χ4n) is 3.85. The molecule has 0 saturated heterocycles. The molecular weight excluding hydrogens is 460 g/mol. The van der Waals surface area contributed by atoms with Gasteiger partial charge in [-0.15, -0.1) is 12.4 Å². The summed E-state index contributed by atoms with van der Waals surface area (Å²) in [7, 11) is 3.26. The summed E-state index contributed by atoms with van der Waals surface area (Å²) in [6.07, 6.45) is 1.78. The normalized spacial score (nSPS) is 11.1. The molecule has 0 aliphatic carbocycles. The van der Waals surface area contributed by atoms with Gasteiger partial charge in [-0.1, -0.05) is 43.4 Å². The van der Waals surface area contributed by atoms with Crippen molar-refractivity contribution < 1.29 is 14.3 Å². The summed E-state index contributed by atoms with van der Waals surface area (Å²) in [5, 5.41) is 1.53.